The first kappa shape index (κ1) is 32.7. The van der Waals surface area contributed by atoms with Gasteiger partial charge in [-0.3, -0.25) is 9.11 Å². The molecule has 1 aromatic heterocycles. The van der Waals surface area contributed by atoms with Gasteiger partial charge >= 0.3 is 5.89 Å². The van der Waals surface area contributed by atoms with E-state index in [1.807, 2.05) is 95.3 Å². The molecule has 4 aromatic carbocycles. The topological polar surface area (TPSA) is 138 Å². The number of anilines is 1. The van der Waals surface area contributed by atoms with Crippen molar-refractivity contribution in [3.05, 3.63) is 96.2 Å². The monoisotopic (exact) mass is 677 g/mol. The van der Waals surface area contributed by atoms with E-state index in [0.717, 1.165) is 38.3 Å². The van der Waals surface area contributed by atoms with Gasteiger partial charge in [-0.15, -0.1) is 0 Å². The average molecular weight is 678 g/mol. The van der Waals surface area contributed by atoms with Crippen LogP contribution in [0.2, 0.25) is 0 Å². The lowest BCUT2D eigenvalue weighted by atomic mass is 10.1. The van der Waals surface area contributed by atoms with E-state index < -0.39 is 25.5 Å². The second-order valence-electron chi connectivity index (χ2n) is 11.8. The van der Waals surface area contributed by atoms with E-state index in [1.54, 1.807) is 0 Å². The van der Waals surface area contributed by atoms with E-state index in [1.165, 1.54) is 6.92 Å². The number of fused-ring (bicyclic) bond motifs is 5. The Balaban J connectivity index is 1.41. The first-order valence-electron chi connectivity index (χ1n) is 15.6. The van der Waals surface area contributed by atoms with E-state index in [0.29, 0.717) is 42.5 Å². The van der Waals surface area contributed by atoms with E-state index in [2.05, 4.69) is 6.07 Å². The third kappa shape index (κ3) is 7.20. The van der Waals surface area contributed by atoms with Gasteiger partial charge in [-0.2, -0.15) is 21.4 Å². The Morgan fingerprint density at radius 3 is 2.34 bits per heavy atom. The Morgan fingerprint density at radius 1 is 0.936 bits per heavy atom. The van der Waals surface area contributed by atoms with Gasteiger partial charge in [0.1, 0.15) is 0 Å². The van der Waals surface area contributed by atoms with Gasteiger partial charge in [-0.25, -0.2) is 0 Å². The molecule has 0 aliphatic carbocycles. The van der Waals surface area contributed by atoms with Crippen molar-refractivity contribution in [2.45, 2.75) is 51.3 Å². The maximum absolute atomic E-state index is 11.9. The summed E-state index contributed by atoms with van der Waals surface area (Å²) in [5.74, 6) is 1.46. The van der Waals surface area contributed by atoms with Crippen LogP contribution in [0.1, 0.15) is 45.4 Å². The minimum absolute atomic E-state index is 0.175. The summed E-state index contributed by atoms with van der Waals surface area (Å²) in [6.07, 6.45) is 5.43. The van der Waals surface area contributed by atoms with Gasteiger partial charge < -0.3 is 14.1 Å². The zero-order valence-electron chi connectivity index (χ0n) is 26.2. The number of oxazole rings is 1. The molecule has 5 aromatic rings. The largest absolute Gasteiger partial charge is 0.439 e. The number of unbranched alkanes of at least 4 members (excludes halogenated alkanes) is 1. The molecule has 1 aliphatic rings. The standard InChI is InChI=1S/C35H36N2O8S2/c1-3-25(20-33-36(17-8-9-19-46(38,39)40)30-22-27-11-4-5-12-28(27)23-32(30)45-33)21-34-37(18-16-24(2)47(41,42)43)35-29-13-7-6-10-26(29)14-15-31(35)44-34/h4-7,10-15,20-24H,3,8-9,16-19H2,1-2H3,(H-,38,39,40,41,42,43)/p+1. The summed E-state index contributed by atoms with van der Waals surface area (Å²) in [7, 11) is -8.27. The van der Waals surface area contributed by atoms with Crippen molar-refractivity contribution in [3.63, 3.8) is 0 Å². The Morgan fingerprint density at radius 2 is 1.64 bits per heavy atom. The van der Waals surface area contributed by atoms with E-state index in [4.69, 9.17) is 9.15 Å². The highest BCUT2D eigenvalue weighted by molar-refractivity contribution is 7.86. The van der Waals surface area contributed by atoms with Crippen molar-refractivity contribution in [1.82, 2.24) is 0 Å². The number of nitrogens with zero attached hydrogens (tertiary/aromatic N) is 2. The number of hydrogen-bond donors (Lipinski definition) is 2. The highest BCUT2D eigenvalue weighted by Gasteiger charge is 2.29. The number of aryl methyl sites for hydroxylation is 1. The lowest BCUT2D eigenvalue weighted by molar-refractivity contribution is -0.677. The SMILES string of the molecule is CCC(=Cc1oc2ccc3ccccc3c2[n+]1CCC(C)S(=O)(=O)O)C=C1Oc2cc3ccccc3cc2N1CCCCS(=O)(=O)O. The van der Waals surface area contributed by atoms with Crippen molar-refractivity contribution in [2.24, 2.45) is 0 Å². The summed E-state index contributed by atoms with van der Waals surface area (Å²) >= 11 is 0. The van der Waals surface area contributed by atoms with Gasteiger partial charge in [0, 0.05) is 19.0 Å². The van der Waals surface area contributed by atoms with Crippen LogP contribution in [0.25, 0.3) is 38.7 Å². The minimum atomic E-state index is -4.21. The van der Waals surface area contributed by atoms with Crippen LogP contribution in [0, 0.1) is 0 Å². The van der Waals surface area contributed by atoms with Gasteiger partial charge in [-0.05, 0) is 72.2 Å². The van der Waals surface area contributed by atoms with Crippen LogP contribution in [-0.2, 0) is 26.8 Å². The molecule has 0 saturated heterocycles. The third-order valence-corrected chi connectivity index (χ3v) is 10.6. The molecule has 246 valence electrons. The molecule has 0 spiro atoms. The molecule has 0 radical (unpaired) electrons. The Hall–Kier alpha value is -4.23. The molecule has 2 heterocycles. The molecule has 6 rings (SSSR count). The molecular weight excluding hydrogens is 641 g/mol. The summed E-state index contributed by atoms with van der Waals surface area (Å²) in [4.78, 5) is 2.02. The van der Waals surface area contributed by atoms with Crippen molar-refractivity contribution in [3.8, 4) is 5.75 Å². The van der Waals surface area contributed by atoms with Crippen LogP contribution < -0.4 is 14.2 Å². The molecule has 1 atom stereocenters. The molecule has 0 saturated carbocycles. The Kier molecular flexibility index (Phi) is 9.12. The number of hydrogen-bond acceptors (Lipinski definition) is 7. The fraction of sp³-hybridized carbons (Fsp3) is 0.286. The quantitative estimate of drug-likeness (QED) is 0.0821. The zero-order chi connectivity index (χ0) is 33.3. The summed E-state index contributed by atoms with van der Waals surface area (Å²) < 4.78 is 80.0. The van der Waals surface area contributed by atoms with Gasteiger partial charge in [0.2, 0.25) is 11.5 Å². The molecule has 1 unspecified atom stereocenters. The number of benzene rings is 4. The lowest BCUT2D eigenvalue weighted by Crippen LogP contribution is -2.38. The smallest absolute Gasteiger partial charge is 0.374 e. The van der Waals surface area contributed by atoms with Gasteiger partial charge in [-0.1, -0.05) is 55.5 Å². The predicted molar refractivity (Wildman–Crippen MR) is 183 cm³/mol. The van der Waals surface area contributed by atoms with Crippen LogP contribution in [-0.4, -0.2) is 43.5 Å². The molecule has 1 aliphatic heterocycles. The summed E-state index contributed by atoms with van der Waals surface area (Å²) in [5.41, 5.74) is 3.22. The highest BCUT2D eigenvalue weighted by atomic mass is 32.2. The molecule has 0 bridgehead atoms. The van der Waals surface area contributed by atoms with Gasteiger partial charge in [0.15, 0.2) is 12.3 Å². The maximum atomic E-state index is 11.9. The van der Waals surface area contributed by atoms with Crippen LogP contribution in [0.15, 0.2) is 94.7 Å². The highest BCUT2D eigenvalue weighted by Crippen LogP contribution is 2.42. The number of rotatable bonds is 12. The van der Waals surface area contributed by atoms with Gasteiger partial charge in [0.25, 0.3) is 25.8 Å². The van der Waals surface area contributed by atoms with Crippen molar-refractivity contribution in [2.75, 3.05) is 17.2 Å². The fourth-order valence-corrected chi connectivity index (χ4v) is 6.88. The summed E-state index contributed by atoms with van der Waals surface area (Å²) in [6.45, 7) is 4.25. The third-order valence-electron chi connectivity index (χ3n) is 8.54. The molecule has 10 nitrogen and oxygen atoms in total. The first-order valence-corrected chi connectivity index (χ1v) is 18.7. The molecule has 0 amide bonds. The van der Waals surface area contributed by atoms with E-state index in [9.17, 15) is 25.9 Å². The normalized spacial score (nSPS) is 15.5. The second-order valence-corrected chi connectivity index (χ2v) is 15.2. The maximum Gasteiger partial charge on any atom is 0.374 e. The van der Waals surface area contributed by atoms with Crippen molar-refractivity contribution < 1.29 is 39.7 Å². The number of allylic oxidation sites excluding steroid dienone is 2. The van der Waals surface area contributed by atoms with Crippen LogP contribution in [0.5, 0.6) is 5.75 Å². The molecule has 0 fully saturated rings. The molecule has 47 heavy (non-hydrogen) atoms. The molecule has 12 heteroatoms. The van der Waals surface area contributed by atoms with Crippen LogP contribution >= 0.6 is 0 Å². The van der Waals surface area contributed by atoms with E-state index in [-0.39, 0.29) is 25.1 Å². The average Bonchev–Trinajstić information content (AvgIpc) is 3.55. The van der Waals surface area contributed by atoms with Crippen molar-refractivity contribution >= 4 is 64.6 Å². The summed E-state index contributed by atoms with van der Waals surface area (Å²) in [5, 5.41) is 3.08. The number of aromatic nitrogens is 1. The van der Waals surface area contributed by atoms with Gasteiger partial charge in [0.05, 0.1) is 28.2 Å². The summed E-state index contributed by atoms with van der Waals surface area (Å²) in [6, 6.07) is 23.8. The van der Waals surface area contributed by atoms with Crippen LogP contribution in [0.3, 0.4) is 0 Å². The Labute approximate surface area is 274 Å². The van der Waals surface area contributed by atoms with Crippen molar-refractivity contribution in [1.29, 1.82) is 0 Å². The minimum Gasteiger partial charge on any atom is -0.439 e. The fourth-order valence-electron chi connectivity index (χ4n) is 5.90. The molecular formula is C35H37N2O8S2+. The lowest BCUT2D eigenvalue weighted by Gasteiger charge is -2.19. The molecule has 2 N–H and O–H groups in total. The first-order chi connectivity index (χ1) is 22.4. The predicted octanol–water partition coefficient (Wildman–Crippen LogP) is 6.89. The number of ether oxygens (including phenoxy) is 1. The zero-order valence-corrected chi connectivity index (χ0v) is 27.8. The Bertz CT molecular complexity index is 2260. The second kappa shape index (κ2) is 13.1. The van der Waals surface area contributed by atoms with E-state index >= 15 is 0 Å². The van der Waals surface area contributed by atoms with Crippen LogP contribution in [0.4, 0.5) is 5.69 Å².